The molecule has 1 nitrogen and oxygen atoms in total. The van der Waals surface area contributed by atoms with Crippen molar-refractivity contribution in [2.24, 2.45) is 11.8 Å². The van der Waals surface area contributed by atoms with Crippen LogP contribution in [0.4, 0.5) is 0 Å². The van der Waals surface area contributed by atoms with Gasteiger partial charge in [0.1, 0.15) is 0 Å². The van der Waals surface area contributed by atoms with E-state index in [4.69, 9.17) is 0 Å². The van der Waals surface area contributed by atoms with Crippen LogP contribution in [-0.2, 0) is 0 Å². The normalized spacial score (nSPS) is 31.6. The highest BCUT2D eigenvalue weighted by Crippen LogP contribution is 2.35. The van der Waals surface area contributed by atoms with Crippen LogP contribution in [0.2, 0.25) is 0 Å². The molecule has 1 saturated carbocycles. The van der Waals surface area contributed by atoms with E-state index >= 15 is 0 Å². The Morgan fingerprint density at radius 1 is 1.22 bits per heavy atom. The maximum atomic E-state index is 3.80. The first-order valence-electron chi connectivity index (χ1n) is 8.23. The van der Waals surface area contributed by atoms with E-state index in [0.29, 0.717) is 6.04 Å². The van der Waals surface area contributed by atoms with E-state index < -0.39 is 0 Å². The van der Waals surface area contributed by atoms with E-state index in [1.807, 2.05) is 0 Å². The Morgan fingerprint density at radius 2 is 2.11 bits per heavy atom. The molecule has 104 valence electrons. The summed E-state index contributed by atoms with van der Waals surface area (Å²) in [5, 5.41) is 3.80. The zero-order valence-corrected chi connectivity index (χ0v) is 12.4. The first-order chi connectivity index (χ1) is 8.81. The summed E-state index contributed by atoms with van der Waals surface area (Å²) in [7, 11) is 0. The lowest BCUT2D eigenvalue weighted by molar-refractivity contribution is 0.238. The summed E-state index contributed by atoms with van der Waals surface area (Å²) in [6.45, 7) is 5.82. The minimum absolute atomic E-state index is 0.691. The minimum Gasteiger partial charge on any atom is -0.310 e. The molecule has 0 amide bonds. The molecule has 0 bridgehead atoms. The van der Waals surface area contributed by atoms with E-state index in [1.165, 1.54) is 57.8 Å². The number of likely N-dealkylation sites (N-methyl/N-ethyl adjacent to an activating group) is 1. The first-order valence-corrected chi connectivity index (χ1v) is 8.23. The highest BCUT2D eigenvalue weighted by molar-refractivity contribution is 5.14. The van der Waals surface area contributed by atoms with Gasteiger partial charge in [-0.3, -0.25) is 0 Å². The third kappa shape index (κ3) is 3.85. The summed E-state index contributed by atoms with van der Waals surface area (Å²) in [6, 6.07) is 0.691. The quantitative estimate of drug-likeness (QED) is 0.713. The highest BCUT2D eigenvalue weighted by Gasteiger charge is 2.28. The zero-order valence-electron chi connectivity index (χ0n) is 12.4. The topological polar surface area (TPSA) is 12.0 Å². The Hall–Kier alpha value is -0.300. The molecule has 0 aliphatic heterocycles. The van der Waals surface area contributed by atoms with E-state index in [1.54, 1.807) is 5.57 Å². The second-order valence-corrected chi connectivity index (χ2v) is 6.45. The number of allylic oxidation sites excluding steroid dienone is 1. The van der Waals surface area contributed by atoms with E-state index in [2.05, 4.69) is 25.2 Å². The summed E-state index contributed by atoms with van der Waals surface area (Å²) in [5.74, 6) is 1.84. The van der Waals surface area contributed by atoms with Crippen molar-refractivity contribution >= 4 is 0 Å². The predicted octanol–water partition coefficient (Wildman–Crippen LogP) is 4.68. The summed E-state index contributed by atoms with van der Waals surface area (Å²) in [5.41, 5.74) is 1.74. The minimum atomic E-state index is 0.691. The molecular formula is C17H31N. The third-order valence-electron chi connectivity index (χ3n) is 4.85. The highest BCUT2D eigenvalue weighted by atomic mass is 14.9. The molecule has 3 unspecified atom stereocenters. The fraction of sp³-hybridized carbons (Fsp3) is 0.882. The number of rotatable bonds is 4. The van der Waals surface area contributed by atoms with Gasteiger partial charge in [-0.1, -0.05) is 44.8 Å². The summed E-state index contributed by atoms with van der Waals surface area (Å²) in [4.78, 5) is 0. The van der Waals surface area contributed by atoms with Crippen LogP contribution in [0.1, 0.15) is 71.6 Å². The fourth-order valence-electron chi connectivity index (χ4n) is 3.93. The Labute approximate surface area is 113 Å². The van der Waals surface area contributed by atoms with Crippen molar-refractivity contribution in [3.63, 3.8) is 0 Å². The average Bonchev–Trinajstić information content (AvgIpc) is 2.64. The Balaban J connectivity index is 2.03. The van der Waals surface area contributed by atoms with Crippen molar-refractivity contribution in [1.29, 1.82) is 0 Å². The van der Waals surface area contributed by atoms with Gasteiger partial charge in [-0.2, -0.15) is 0 Å². The van der Waals surface area contributed by atoms with Gasteiger partial charge in [0.15, 0.2) is 0 Å². The van der Waals surface area contributed by atoms with Crippen LogP contribution in [0, 0.1) is 11.8 Å². The van der Waals surface area contributed by atoms with Gasteiger partial charge in [0.2, 0.25) is 0 Å². The Morgan fingerprint density at radius 3 is 2.89 bits per heavy atom. The molecule has 1 fully saturated rings. The van der Waals surface area contributed by atoms with E-state index in [-0.39, 0.29) is 0 Å². The third-order valence-corrected chi connectivity index (χ3v) is 4.85. The van der Waals surface area contributed by atoms with Crippen LogP contribution >= 0.6 is 0 Å². The van der Waals surface area contributed by atoms with Crippen LogP contribution in [0.3, 0.4) is 0 Å². The fourth-order valence-corrected chi connectivity index (χ4v) is 3.93. The number of nitrogens with one attached hydrogen (secondary N) is 1. The molecule has 0 aromatic rings. The van der Waals surface area contributed by atoms with Crippen molar-refractivity contribution in [2.45, 2.75) is 77.7 Å². The molecular weight excluding hydrogens is 218 g/mol. The lowest BCUT2D eigenvalue weighted by Crippen LogP contribution is -2.39. The van der Waals surface area contributed by atoms with Crippen LogP contribution < -0.4 is 5.32 Å². The predicted molar refractivity (Wildman–Crippen MR) is 79.8 cm³/mol. The summed E-state index contributed by atoms with van der Waals surface area (Å²) in [6.07, 6.45) is 15.3. The van der Waals surface area contributed by atoms with Gasteiger partial charge in [0, 0.05) is 6.04 Å². The van der Waals surface area contributed by atoms with E-state index in [0.717, 1.165) is 18.4 Å². The molecule has 0 heterocycles. The van der Waals surface area contributed by atoms with Crippen molar-refractivity contribution in [3.8, 4) is 0 Å². The maximum Gasteiger partial charge on any atom is 0.0307 e. The molecule has 0 aromatic carbocycles. The second-order valence-electron chi connectivity index (χ2n) is 6.45. The van der Waals surface area contributed by atoms with Gasteiger partial charge in [0.25, 0.3) is 0 Å². The summed E-state index contributed by atoms with van der Waals surface area (Å²) >= 11 is 0. The molecule has 2 aliphatic rings. The first kappa shape index (κ1) is 14.1. The van der Waals surface area contributed by atoms with Gasteiger partial charge < -0.3 is 5.32 Å². The molecule has 2 rings (SSSR count). The molecule has 1 heteroatoms. The van der Waals surface area contributed by atoms with Crippen molar-refractivity contribution < 1.29 is 0 Å². The summed E-state index contributed by atoms with van der Waals surface area (Å²) < 4.78 is 0. The van der Waals surface area contributed by atoms with Gasteiger partial charge in [0.05, 0.1) is 0 Å². The smallest absolute Gasteiger partial charge is 0.0307 e. The lowest BCUT2D eigenvalue weighted by atomic mass is 9.76. The van der Waals surface area contributed by atoms with Crippen LogP contribution in [-0.4, -0.2) is 12.6 Å². The lowest BCUT2D eigenvalue weighted by Gasteiger charge is -2.35. The Bertz CT molecular complexity index is 269. The van der Waals surface area contributed by atoms with Gasteiger partial charge in [-0.15, -0.1) is 0 Å². The molecule has 0 spiro atoms. The molecule has 18 heavy (non-hydrogen) atoms. The van der Waals surface area contributed by atoms with E-state index in [9.17, 15) is 0 Å². The van der Waals surface area contributed by atoms with Gasteiger partial charge >= 0.3 is 0 Å². The molecule has 0 aromatic heterocycles. The molecule has 2 aliphatic carbocycles. The SMILES string of the molecule is CCNC(C1=CCCCCC1)C1CCCC(C)C1. The molecule has 1 N–H and O–H groups in total. The van der Waals surface area contributed by atoms with Crippen LogP contribution in [0.5, 0.6) is 0 Å². The Kier molecular flexibility index (Phi) is 5.75. The molecule has 0 saturated heterocycles. The largest absolute Gasteiger partial charge is 0.310 e. The second kappa shape index (κ2) is 7.33. The van der Waals surface area contributed by atoms with Crippen molar-refractivity contribution in [2.75, 3.05) is 6.54 Å². The number of hydrogen-bond donors (Lipinski definition) is 1. The van der Waals surface area contributed by atoms with Crippen LogP contribution in [0.25, 0.3) is 0 Å². The monoisotopic (exact) mass is 249 g/mol. The number of hydrogen-bond acceptors (Lipinski definition) is 1. The standard InChI is InChI=1S/C17H31N/c1-3-18-17(15-10-6-4-5-7-11-15)16-12-8-9-14(2)13-16/h10,14,16-18H,3-9,11-13H2,1-2H3. The maximum absolute atomic E-state index is 3.80. The zero-order chi connectivity index (χ0) is 12.8. The van der Waals surface area contributed by atoms with Crippen molar-refractivity contribution in [1.82, 2.24) is 5.32 Å². The van der Waals surface area contributed by atoms with Gasteiger partial charge in [-0.25, -0.2) is 0 Å². The van der Waals surface area contributed by atoms with Crippen LogP contribution in [0.15, 0.2) is 11.6 Å². The molecule has 0 radical (unpaired) electrons. The average molecular weight is 249 g/mol. The molecule has 3 atom stereocenters. The van der Waals surface area contributed by atoms with Gasteiger partial charge in [-0.05, 0) is 56.9 Å². The van der Waals surface area contributed by atoms with Crippen molar-refractivity contribution in [3.05, 3.63) is 11.6 Å².